The zero-order valence-electron chi connectivity index (χ0n) is 17.1. The maximum atomic E-state index is 12.8. The number of rotatable bonds is 4. The molecule has 1 aromatic rings. The van der Waals surface area contributed by atoms with Gasteiger partial charge in [0.25, 0.3) is 0 Å². The smallest absolute Gasteiger partial charge is 0.231 e. The third-order valence-electron chi connectivity index (χ3n) is 6.01. The molecule has 4 aliphatic rings. The van der Waals surface area contributed by atoms with Crippen molar-refractivity contribution in [3.63, 3.8) is 0 Å². The minimum absolute atomic E-state index is 0.0108. The highest BCUT2D eigenvalue weighted by Gasteiger charge is 2.34. The van der Waals surface area contributed by atoms with E-state index in [1.165, 1.54) is 0 Å². The maximum Gasteiger partial charge on any atom is 0.231 e. The Morgan fingerprint density at radius 1 is 1.06 bits per heavy atom. The summed E-state index contributed by atoms with van der Waals surface area (Å²) in [6.45, 7) is 0. The average Bonchev–Trinajstić information content (AvgIpc) is 3.25. The Morgan fingerprint density at radius 3 is 2.77 bits per heavy atom. The van der Waals surface area contributed by atoms with E-state index in [1.54, 1.807) is 0 Å². The van der Waals surface area contributed by atoms with Gasteiger partial charge < -0.3 is 15.4 Å². The van der Waals surface area contributed by atoms with Crippen molar-refractivity contribution in [2.24, 2.45) is 5.92 Å². The molecule has 1 saturated heterocycles. The number of carbonyl (C=O) groups excluding carboxylic acids is 1. The monoisotopic (exact) mass is 432 g/mol. The predicted octanol–water partition coefficient (Wildman–Crippen LogP) is 5.24. The number of halogens is 1. The number of benzene rings is 1. The summed E-state index contributed by atoms with van der Waals surface area (Å²) in [5, 5.41) is 6.77. The predicted molar refractivity (Wildman–Crippen MR) is 125 cm³/mol. The van der Waals surface area contributed by atoms with Gasteiger partial charge in [0.1, 0.15) is 6.10 Å². The number of allylic oxidation sites excluding steroid dienone is 7. The third kappa shape index (κ3) is 4.18. The van der Waals surface area contributed by atoms with Crippen LogP contribution in [0, 0.1) is 5.92 Å². The molecule has 4 unspecified atom stereocenters. The van der Waals surface area contributed by atoms with Crippen molar-refractivity contribution >= 4 is 28.8 Å². The number of amides is 1. The highest BCUT2D eigenvalue weighted by molar-refractivity contribution is 6.22. The van der Waals surface area contributed by atoms with Crippen molar-refractivity contribution < 1.29 is 9.53 Å². The topological polar surface area (TPSA) is 50.4 Å². The summed E-state index contributed by atoms with van der Waals surface area (Å²) in [4.78, 5) is 12.8. The van der Waals surface area contributed by atoms with Crippen LogP contribution >= 0.6 is 11.6 Å². The quantitative estimate of drug-likeness (QED) is 0.640. The third-order valence-corrected chi connectivity index (χ3v) is 6.33. The summed E-state index contributed by atoms with van der Waals surface area (Å²) in [5.74, 6) is -0.130. The molecule has 0 radical (unpaired) electrons. The fraction of sp³-hybridized carbons (Fsp3) is 0.269. The first-order valence-electron chi connectivity index (χ1n) is 10.8. The van der Waals surface area contributed by atoms with Crippen LogP contribution in [0.1, 0.15) is 24.8 Å². The molecule has 0 bridgehead atoms. The molecule has 158 valence electrons. The molecule has 1 fully saturated rings. The van der Waals surface area contributed by atoms with E-state index >= 15 is 0 Å². The van der Waals surface area contributed by atoms with E-state index in [2.05, 4.69) is 28.9 Å². The summed E-state index contributed by atoms with van der Waals surface area (Å²) in [6.07, 6.45) is 20.5. The van der Waals surface area contributed by atoms with Gasteiger partial charge in [0.05, 0.1) is 17.0 Å². The molecule has 0 spiro atoms. The first kappa shape index (κ1) is 20.1. The van der Waals surface area contributed by atoms with Crippen molar-refractivity contribution in [2.45, 2.75) is 37.0 Å². The van der Waals surface area contributed by atoms with Crippen LogP contribution in [0.4, 0.5) is 5.69 Å². The summed E-state index contributed by atoms with van der Waals surface area (Å²) in [7, 11) is 0. The zero-order chi connectivity index (χ0) is 21.2. The van der Waals surface area contributed by atoms with Gasteiger partial charge in [0.2, 0.25) is 5.91 Å². The minimum atomic E-state index is -0.184. The van der Waals surface area contributed by atoms with E-state index in [4.69, 9.17) is 16.3 Å². The SMILES string of the molecule is O=C(Nc1ccccc1C1=C2NC(C3=CCC(Cl)C=C3)OC2CC=C1)C1C=CC=CC1. The van der Waals surface area contributed by atoms with E-state index in [1.807, 2.05) is 60.7 Å². The molecule has 5 rings (SSSR count). The second-order valence-electron chi connectivity index (χ2n) is 8.12. The molecule has 1 amide bonds. The Labute approximate surface area is 187 Å². The molecule has 4 atom stereocenters. The van der Waals surface area contributed by atoms with Gasteiger partial charge in [-0.25, -0.2) is 0 Å². The van der Waals surface area contributed by atoms with Gasteiger partial charge >= 0.3 is 0 Å². The summed E-state index contributed by atoms with van der Waals surface area (Å²) >= 11 is 6.17. The molecule has 0 saturated carbocycles. The number of alkyl halides is 1. The van der Waals surface area contributed by atoms with Crippen LogP contribution in [0.5, 0.6) is 0 Å². The lowest BCUT2D eigenvalue weighted by atomic mass is 9.93. The van der Waals surface area contributed by atoms with Gasteiger partial charge in [-0.2, -0.15) is 0 Å². The van der Waals surface area contributed by atoms with Crippen LogP contribution in [-0.2, 0) is 9.53 Å². The Balaban J connectivity index is 1.42. The number of nitrogens with one attached hydrogen (secondary N) is 2. The number of anilines is 1. The lowest BCUT2D eigenvalue weighted by Crippen LogP contribution is -2.25. The molecule has 1 aliphatic heterocycles. The second kappa shape index (κ2) is 8.74. The molecule has 1 heterocycles. The fourth-order valence-corrected chi connectivity index (χ4v) is 4.52. The van der Waals surface area contributed by atoms with E-state index in [-0.39, 0.29) is 29.5 Å². The van der Waals surface area contributed by atoms with Crippen molar-refractivity contribution in [1.82, 2.24) is 5.32 Å². The maximum absolute atomic E-state index is 12.8. The van der Waals surface area contributed by atoms with E-state index < -0.39 is 0 Å². The molecule has 4 nitrogen and oxygen atoms in total. The van der Waals surface area contributed by atoms with Crippen LogP contribution in [0.15, 0.2) is 90.2 Å². The standard InChI is InChI=1S/C26H25ClN2O2/c27-19-15-13-18(14-16-19)26-29-24-21(10-6-12-23(24)31-26)20-9-4-5-11-22(20)28-25(30)17-7-2-1-3-8-17/h1-7,9-11,13-15,17,19,23,26,29H,8,12,16H2,(H,28,30). The van der Waals surface area contributed by atoms with Crippen LogP contribution in [0.2, 0.25) is 0 Å². The minimum Gasteiger partial charge on any atom is -0.357 e. The van der Waals surface area contributed by atoms with Crippen LogP contribution in [0.3, 0.4) is 0 Å². The first-order chi connectivity index (χ1) is 15.2. The van der Waals surface area contributed by atoms with Gasteiger partial charge in [-0.1, -0.05) is 72.9 Å². The van der Waals surface area contributed by atoms with Gasteiger partial charge in [0.15, 0.2) is 6.23 Å². The van der Waals surface area contributed by atoms with Crippen molar-refractivity contribution in [2.75, 3.05) is 5.32 Å². The highest BCUT2D eigenvalue weighted by Crippen LogP contribution is 2.37. The van der Waals surface area contributed by atoms with Crippen LogP contribution < -0.4 is 10.6 Å². The number of ether oxygens (including phenoxy) is 1. The summed E-state index contributed by atoms with van der Waals surface area (Å²) < 4.78 is 6.32. The molecular weight excluding hydrogens is 408 g/mol. The normalized spacial score (nSPS) is 28.9. The molecule has 2 N–H and O–H groups in total. The number of hydrogen-bond acceptors (Lipinski definition) is 3. The Kier molecular flexibility index (Phi) is 5.66. The van der Waals surface area contributed by atoms with E-state index in [0.717, 1.165) is 47.4 Å². The van der Waals surface area contributed by atoms with Gasteiger partial charge in [-0.3, -0.25) is 4.79 Å². The van der Waals surface area contributed by atoms with Crippen molar-refractivity contribution in [1.29, 1.82) is 0 Å². The Morgan fingerprint density at radius 2 is 1.97 bits per heavy atom. The largest absolute Gasteiger partial charge is 0.357 e. The Bertz CT molecular complexity index is 1060. The molecule has 3 aliphatic carbocycles. The number of fused-ring (bicyclic) bond motifs is 1. The Hall–Kier alpha value is -2.82. The average molecular weight is 433 g/mol. The molecule has 1 aromatic carbocycles. The number of carbonyl (C=O) groups is 1. The number of para-hydroxylation sites is 1. The highest BCUT2D eigenvalue weighted by atomic mass is 35.5. The van der Waals surface area contributed by atoms with Gasteiger partial charge in [0, 0.05) is 16.8 Å². The summed E-state index contributed by atoms with van der Waals surface area (Å²) in [5.41, 5.74) is 5.04. The van der Waals surface area contributed by atoms with Gasteiger partial charge in [-0.05, 0) is 30.9 Å². The van der Waals surface area contributed by atoms with E-state index in [0.29, 0.717) is 0 Å². The zero-order valence-corrected chi connectivity index (χ0v) is 17.9. The fourth-order valence-electron chi connectivity index (χ4n) is 4.35. The second-order valence-corrected chi connectivity index (χ2v) is 8.68. The molecule has 5 heteroatoms. The number of hydrogen-bond donors (Lipinski definition) is 2. The molecular formula is C26H25ClN2O2. The van der Waals surface area contributed by atoms with Crippen molar-refractivity contribution in [3.05, 3.63) is 95.8 Å². The molecule has 31 heavy (non-hydrogen) atoms. The lowest BCUT2D eigenvalue weighted by Gasteiger charge is -2.20. The van der Waals surface area contributed by atoms with Crippen LogP contribution in [0.25, 0.3) is 5.57 Å². The summed E-state index contributed by atoms with van der Waals surface area (Å²) in [6, 6.07) is 7.96. The van der Waals surface area contributed by atoms with E-state index in [9.17, 15) is 4.79 Å². The van der Waals surface area contributed by atoms with Crippen LogP contribution in [-0.4, -0.2) is 23.6 Å². The van der Waals surface area contributed by atoms with Gasteiger partial charge in [-0.15, -0.1) is 11.6 Å². The molecule has 0 aromatic heterocycles. The first-order valence-corrected chi connectivity index (χ1v) is 11.2. The van der Waals surface area contributed by atoms with Crippen molar-refractivity contribution in [3.8, 4) is 0 Å². The lowest BCUT2D eigenvalue weighted by molar-refractivity contribution is -0.118.